The molecule has 1 N–H and O–H groups in total. The first-order valence-electron chi connectivity index (χ1n) is 6.84. The number of aryl methyl sites for hydroxylation is 1. The summed E-state index contributed by atoms with van der Waals surface area (Å²) in [5, 5.41) is 13.6. The van der Waals surface area contributed by atoms with E-state index in [1.165, 1.54) is 0 Å². The number of aromatic nitrogens is 3. The lowest BCUT2D eigenvalue weighted by atomic mass is 9.87. The topological polar surface area (TPSA) is 68.0 Å². The Morgan fingerprint density at radius 1 is 1.44 bits per heavy atom. The fourth-order valence-electron chi connectivity index (χ4n) is 2.86. The van der Waals surface area contributed by atoms with Gasteiger partial charge in [0.15, 0.2) is 0 Å². The number of carboxylic acid groups (broad SMARTS) is 1. The zero-order chi connectivity index (χ0) is 13.0. The maximum Gasteiger partial charge on any atom is 0.307 e. The van der Waals surface area contributed by atoms with Gasteiger partial charge in [0, 0.05) is 12.5 Å². The van der Waals surface area contributed by atoms with Crippen LogP contribution in [0.25, 0.3) is 0 Å². The van der Waals surface area contributed by atoms with Gasteiger partial charge >= 0.3 is 5.97 Å². The highest BCUT2D eigenvalue weighted by atomic mass is 16.4. The number of rotatable bonds is 4. The van der Waals surface area contributed by atoms with Crippen LogP contribution < -0.4 is 0 Å². The molecular formula is C13H21N3O2. The molecular weight excluding hydrogens is 230 g/mol. The summed E-state index contributed by atoms with van der Waals surface area (Å²) >= 11 is 0. The number of carbonyl (C=O) groups is 1. The van der Waals surface area contributed by atoms with Crippen molar-refractivity contribution in [3.8, 4) is 0 Å². The van der Waals surface area contributed by atoms with Crippen molar-refractivity contribution < 1.29 is 9.90 Å². The van der Waals surface area contributed by atoms with Crippen LogP contribution in [0.5, 0.6) is 0 Å². The van der Waals surface area contributed by atoms with Crippen LogP contribution in [-0.4, -0.2) is 25.8 Å². The van der Waals surface area contributed by atoms with Crippen LogP contribution >= 0.6 is 0 Å². The van der Waals surface area contributed by atoms with Crippen molar-refractivity contribution in [1.29, 1.82) is 0 Å². The second-order valence-electron chi connectivity index (χ2n) is 5.03. The van der Waals surface area contributed by atoms with Gasteiger partial charge in [0.2, 0.25) is 0 Å². The summed E-state index contributed by atoms with van der Waals surface area (Å²) in [5.41, 5.74) is 0. The molecule has 18 heavy (non-hydrogen) atoms. The predicted molar refractivity (Wildman–Crippen MR) is 67.3 cm³/mol. The molecule has 5 heteroatoms. The average molecular weight is 251 g/mol. The van der Waals surface area contributed by atoms with Crippen LogP contribution in [0.3, 0.4) is 0 Å². The van der Waals surface area contributed by atoms with Gasteiger partial charge in [0.25, 0.3) is 0 Å². The molecule has 2 atom stereocenters. The average Bonchev–Trinajstić information content (AvgIpc) is 2.65. The van der Waals surface area contributed by atoms with Crippen molar-refractivity contribution in [1.82, 2.24) is 14.8 Å². The second-order valence-corrected chi connectivity index (χ2v) is 5.03. The minimum atomic E-state index is -0.687. The number of hydrogen-bond donors (Lipinski definition) is 1. The monoisotopic (exact) mass is 251 g/mol. The fraction of sp³-hybridized carbons (Fsp3) is 0.769. The number of hydrogen-bond acceptors (Lipinski definition) is 3. The maximum atomic E-state index is 11.4. The molecule has 2 unspecified atom stereocenters. The van der Waals surface area contributed by atoms with Crippen LogP contribution in [0.2, 0.25) is 0 Å². The van der Waals surface area contributed by atoms with Gasteiger partial charge in [-0.25, -0.2) is 9.67 Å². The molecule has 1 aliphatic carbocycles. The molecule has 0 amide bonds. The van der Waals surface area contributed by atoms with Crippen molar-refractivity contribution in [3.63, 3.8) is 0 Å². The number of carboxylic acids is 1. The van der Waals surface area contributed by atoms with E-state index < -0.39 is 5.97 Å². The summed E-state index contributed by atoms with van der Waals surface area (Å²) in [6, 6.07) is 0. The highest BCUT2D eigenvalue weighted by molar-refractivity contribution is 5.71. The van der Waals surface area contributed by atoms with Gasteiger partial charge in [-0.2, -0.15) is 5.10 Å². The number of aliphatic carboxylic acids is 1. The summed E-state index contributed by atoms with van der Waals surface area (Å²) in [5.74, 6) is -0.0922. The minimum Gasteiger partial charge on any atom is -0.481 e. The van der Waals surface area contributed by atoms with E-state index in [1.54, 1.807) is 6.33 Å². The van der Waals surface area contributed by atoms with Crippen molar-refractivity contribution in [3.05, 3.63) is 12.2 Å². The van der Waals surface area contributed by atoms with E-state index in [1.807, 2.05) is 4.68 Å². The lowest BCUT2D eigenvalue weighted by Crippen LogP contribution is -2.24. The standard InChI is InChI=1S/C13H21N3O2/c1-2-8-16-12(14-9-15-16)10-6-4-3-5-7-11(10)13(17)18/h9-11H,2-8H2,1H3,(H,17,18). The lowest BCUT2D eigenvalue weighted by Gasteiger charge is -2.21. The van der Waals surface area contributed by atoms with E-state index in [-0.39, 0.29) is 11.8 Å². The van der Waals surface area contributed by atoms with Gasteiger partial charge in [-0.05, 0) is 19.3 Å². The van der Waals surface area contributed by atoms with E-state index in [0.717, 1.165) is 50.9 Å². The van der Waals surface area contributed by atoms with Crippen LogP contribution in [0.1, 0.15) is 57.2 Å². The molecule has 0 aromatic carbocycles. The van der Waals surface area contributed by atoms with Crippen molar-refractivity contribution in [2.75, 3.05) is 0 Å². The van der Waals surface area contributed by atoms with E-state index in [9.17, 15) is 9.90 Å². The van der Waals surface area contributed by atoms with E-state index in [0.29, 0.717) is 0 Å². The Bertz CT molecular complexity index is 403. The Balaban J connectivity index is 2.26. The zero-order valence-corrected chi connectivity index (χ0v) is 10.9. The summed E-state index contributed by atoms with van der Waals surface area (Å²) < 4.78 is 1.88. The SMILES string of the molecule is CCCn1ncnc1C1CCCCCC1C(=O)O. The van der Waals surface area contributed by atoms with Gasteiger partial charge < -0.3 is 5.11 Å². The molecule has 0 radical (unpaired) electrons. The van der Waals surface area contributed by atoms with Crippen molar-refractivity contribution in [2.45, 2.75) is 57.9 Å². The van der Waals surface area contributed by atoms with Gasteiger partial charge in [-0.3, -0.25) is 4.79 Å². The molecule has 0 aliphatic heterocycles. The fourth-order valence-corrected chi connectivity index (χ4v) is 2.86. The van der Waals surface area contributed by atoms with Crippen molar-refractivity contribution >= 4 is 5.97 Å². The third-order valence-corrected chi connectivity index (χ3v) is 3.75. The first-order valence-corrected chi connectivity index (χ1v) is 6.84. The minimum absolute atomic E-state index is 0.0269. The van der Waals surface area contributed by atoms with Gasteiger partial charge in [0.1, 0.15) is 12.2 Å². The molecule has 0 spiro atoms. The predicted octanol–water partition coefficient (Wildman–Crippen LogP) is 2.44. The Kier molecular flexibility index (Phi) is 4.33. The lowest BCUT2D eigenvalue weighted by molar-refractivity contribution is -0.142. The molecule has 2 rings (SSSR count). The zero-order valence-electron chi connectivity index (χ0n) is 10.9. The Labute approximate surface area is 107 Å². The number of nitrogens with zero attached hydrogens (tertiary/aromatic N) is 3. The highest BCUT2D eigenvalue weighted by Gasteiger charge is 2.33. The Morgan fingerprint density at radius 3 is 2.94 bits per heavy atom. The molecule has 5 nitrogen and oxygen atoms in total. The molecule has 1 fully saturated rings. The summed E-state index contributed by atoms with van der Waals surface area (Å²) in [7, 11) is 0. The van der Waals surface area contributed by atoms with Gasteiger partial charge in [-0.15, -0.1) is 0 Å². The molecule has 1 heterocycles. The smallest absolute Gasteiger partial charge is 0.307 e. The van der Waals surface area contributed by atoms with Crippen LogP contribution in [-0.2, 0) is 11.3 Å². The third kappa shape index (κ3) is 2.71. The third-order valence-electron chi connectivity index (χ3n) is 3.75. The van der Waals surface area contributed by atoms with Crippen LogP contribution in [0, 0.1) is 5.92 Å². The van der Waals surface area contributed by atoms with Gasteiger partial charge in [-0.1, -0.05) is 26.2 Å². The van der Waals surface area contributed by atoms with Crippen LogP contribution in [0.4, 0.5) is 0 Å². The quantitative estimate of drug-likeness (QED) is 0.834. The van der Waals surface area contributed by atoms with Crippen LogP contribution in [0.15, 0.2) is 6.33 Å². The summed E-state index contributed by atoms with van der Waals surface area (Å²) in [4.78, 5) is 15.7. The summed E-state index contributed by atoms with van der Waals surface area (Å²) in [6.07, 6.45) is 7.44. The first-order chi connectivity index (χ1) is 8.74. The molecule has 100 valence electrons. The van der Waals surface area contributed by atoms with Crippen molar-refractivity contribution in [2.24, 2.45) is 5.92 Å². The maximum absolute atomic E-state index is 11.4. The van der Waals surface area contributed by atoms with E-state index in [4.69, 9.17) is 0 Å². The molecule has 1 aromatic heterocycles. The van der Waals surface area contributed by atoms with E-state index in [2.05, 4.69) is 17.0 Å². The molecule has 0 saturated heterocycles. The molecule has 1 saturated carbocycles. The highest BCUT2D eigenvalue weighted by Crippen LogP contribution is 2.35. The van der Waals surface area contributed by atoms with E-state index >= 15 is 0 Å². The molecule has 0 bridgehead atoms. The second kappa shape index (κ2) is 5.98. The normalized spacial score (nSPS) is 24.7. The Hall–Kier alpha value is -1.39. The molecule has 1 aliphatic rings. The molecule has 1 aromatic rings. The first kappa shape index (κ1) is 13.1. The summed E-state index contributed by atoms with van der Waals surface area (Å²) in [6.45, 7) is 2.91. The largest absolute Gasteiger partial charge is 0.481 e. The Morgan fingerprint density at radius 2 is 2.22 bits per heavy atom. The van der Waals surface area contributed by atoms with Gasteiger partial charge in [0.05, 0.1) is 5.92 Å².